The number of nitrogens with one attached hydrogen (secondary N) is 1. The van der Waals surface area contributed by atoms with Gasteiger partial charge in [-0.1, -0.05) is 18.2 Å². The van der Waals surface area contributed by atoms with Crippen LogP contribution in [-0.2, 0) is 16.1 Å². The molecule has 1 rings (SSSR count). The van der Waals surface area contributed by atoms with Gasteiger partial charge in [-0.25, -0.2) is 9.59 Å². The number of urea groups is 1. The van der Waals surface area contributed by atoms with E-state index < -0.39 is 18.0 Å². The molecule has 7 heteroatoms. The molecular formula is C14H17N3O3S. The van der Waals surface area contributed by atoms with E-state index in [9.17, 15) is 9.59 Å². The van der Waals surface area contributed by atoms with Gasteiger partial charge in [-0.3, -0.25) is 0 Å². The molecule has 112 valence electrons. The van der Waals surface area contributed by atoms with E-state index in [0.29, 0.717) is 23.3 Å². The largest absolute Gasteiger partial charge is 0.459 e. The minimum absolute atomic E-state index is 0.0151. The fourth-order valence-corrected chi connectivity index (χ4v) is 2.13. The van der Waals surface area contributed by atoms with Crippen molar-refractivity contribution in [3.8, 4) is 6.07 Å². The zero-order valence-electron chi connectivity index (χ0n) is 11.7. The molecule has 0 spiro atoms. The molecule has 0 unspecified atom stereocenters. The Morgan fingerprint density at radius 1 is 1.48 bits per heavy atom. The maximum absolute atomic E-state index is 12.0. The monoisotopic (exact) mass is 307 g/mol. The van der Waals surface area contributed by atoms with Crippen LogP contribution < -0.4 is 11.1 Å². The average molecular weight is 307 g/mol. The molecule has 3 N–H and O–H groups in total. The molecule has 21 heavy (non-hydrogen) atoms. The molecule has 1 atom stereocenters. The van der Waals surface area contributed by atoms with Gasteiger partial charge in [0.05, 0.1) is 11.6 Å². The van der Waals surface area contributed by atoms with Crippen molar-refractivity contribution in [1.29, 1.82) is 5.26 Å². The lowest BCUT2D eigenvalue weighted by molar-refractivity contribution is -0.147. The first-order valence-electron chi connectivity index (χ1n) is 6.28. The number of hydrogen-bond acceptors (Lipinski definition) is 5. The molecule has 0 saturated carbocycles. The molecule has 1 aromatic rings. The van der Waals surface area contributed by atoms with E-state index in [1.54, 1.807) is 36.0 Å². The van der Waals surface area contributed by atoms with Crippen molar-refractivity contribution < 1.29 is 14.3 Å². The van der Waals surface area contributed by atoms with Crippen LogP contribution >= 0.6 is 11.8 Å². The zero-order valence-corrected chi connectivity index (χ0v) is 12.5. The third-order valence-electron chi connectivity index (χ3n) is 2.72. The zero-order chi connectivity index (χ0) is 15.7. The van der Waals surface area contributed by atoms with Crippen molar-refractivity contribution in [1.82, 2.24) is 5.32 Å². The Kier molecular flexibility index (Phi) is 7.12. The number of primary amides is 1. The summed E-state index contributed by atoms with van der Waals surface area (Å²) in [5.74, 6) is 0.130. The highest BCUT2D eigenvalue weighted by molar-refractivity contribution is 7.98. The third kappa shape index (κ3) is 5.75. The Morgan fingerprint density at radius 3 is 2.81 bits per heavy atom. The lowest BCUT2D eigenvalue weighted by atomic mass is 10.1. The maximum atomic E-state index is 12.0. The van der Waals surface area contributed by atoms with Gasteiger partial charge < -0.3 is 15.8 Å². The number of carbonyl (C=O) groups excluding carboxylic acids is 2. The molecule has 0 fully saturated rings. The summed E-state index contributed by atoms with van der Waals surface area (Å²) < 4.78 is 5.16. The van der Waals surface area contributed by atoms with Crippen LogP contribution in [0.4, 0.5) is 4.79 Å². The van der Waals surface area contributed by atoms with Crippen LogP contribution in [0.25, 0.3) is 0 Å². The van der Waals surface area contributed by atoms with E-state index in [1.807, 2.05) is 12.3 Å². The molecule has 0 aliphatic heterocycles. The molecule has 2 amide bonds. The van der Waals surface area contributed by atoms with Gasteiger partial charge in [-0.05, 0) is 24.5 Å². The number of rotatable bonds is 7. The number of esters is 1. The van der Waals surface area contributed by atoms with Gasteiger partial charge in [0.15, 0.2) is 0 Å². The highest BCUT2D eigenvalue weighted by Gasteiger charge is 2.21. The van der Waals surface area contributed by atoms with Gasteiger partial charge in [0.2, 0.25) is 0 Å². The van der Waals surface area contributed by atoms with E-state index in [4.69, 9.17) is 15.7 Å². The number of nitrogens with zero attached hydrogens (tertiary/aromatic N) is 1. The van der Waals surface area contributed by atoms with E-state index in [2.05, 4.69) is 5.32 Å². The van der Waals surface area contributed by atoms with Gasteiger partial charge in [0, 0.05) is 5.56 Å². The number of benzene rings is 1. The van der Waals surface area contributed by atoms with E-state index in [0.717, 1.165) is 0 Å². The Labute approximate surface area is 127 Å². The van der Waals surface area contributed by atoms with Gasteiger partial charge in [0.25, 0.3) is 0 Å². The van der Waals surface area contributed by atoms with Crippen LogP contribution in [0.3, 0.4) is 0 Å². The van der Waals surface area contributed by atoms with Gasteiger partial charge in [-0.2, -0.15) is 17.0 Å². The van der Waals surface area contributed by atoms with E-state index in [-0.39, 0.29) is 6.61 Å². The fourth-order valence-electron chi connectivity index (χ4n) is 1.66. The van der Waals surface area contributed by atoms with Crippen molar-refractivity contribution in [3.05, 3.63) is 35.4 Å². The first-order valence-corrected chi connectivity index (χ1v) is 7.67. The summed E-state index contributed by atoms with van der Waals surface area (Å²) in [7, 11) is 0. The van der Waals surface area contributed by atoms with Gasteiger partial charge in [-0.15, -0.1) is 0 Å². The Balaban J connectivity index is 2.64. The van der Waals surface area contributed by atoms with Crippen molar-refractivity contribution in [3.63, 3.8) is 0 Å². The third-order valence-corrected chi connectivity index (χ3v) is 3.36. The predicted octanol–water partition coefficient (Wildman–Crippen LogP) is 1.39. The molecular weight excluding hydrogens is 290 g/mol. The molecule has 0 heterocycles. The van der Waals surface area contributed by atoms with Crippen LogP contribution in [0.1, 0.15) is 17.5 Å². The summed E-state index contributed by atoms with van der Waals surface area (Å²) in [6.07, 6.45) is 2.33. The number of hydrogen-bond donors (Lipinski definition) is 2. The topological polar surface area (TPSA) is 105 Å². The lowest BCUT2D eigenvalue weighted by Gasteiger charge is -2.16. The maximum Gasteiger partial charge on any atom is 0.329 e. The number of carbonyl (C=O) groups is 2. The molecule has 0 aliphatic carbocycles. The summed E-state index contributed by atoms with van der Waals surface area (Å²) in [4.78, 5) is 22.9. The molecule has 0 aliphatic rings. The SMILES string of the molecule is CSCC[C@@H](NC(N)=O)C(=O)OCc1ccccc1C#N. The Bertz CT molecular complexity index is 543. The first kappa shape index (κ1) is 16.9. The minimum Gasteiger partial charge on any atom is -0.459 e. The summed E-state index contributed by atoms with van der Waals surface area (Å²) in [6.45, 7) is -0.0151. The highest BCUT2D eigenvalue weighted by atomic mass is 32.2. The van der Waals surface area contributed by atoms with Crippen molar-refractivity contribution in [2.24, 2.45) is 5.73 Å². The Hall–Kier alpha value is -2.20. The molecule has 0 bridgehead atoms. The number of nitriles is 1. The quantitative estimate of drug-likeness (QED) is 0.741. The highest BCUT2D eigenvalue weighted by Crippen LogP contribution is 2.10. The Morgan fingerprint density at radius 2 is 2.19 bits per heavy atom. The normalized spacial score (nSPS) is 11.2. The number of ether oxygens (including phenoxy) is 1. The fraction of sp³-hybridized carbons (Fsp3) is 0.357. The van der Waals surface area contributed by atoms with Crippen molar-refractivity contribution in [2.45, 2.75) is 19.1 Å². The van der Waals surface area contributed by atoms with E-state index >= 15 is 0 Å². The second-order valence-corrected chi connectivity index (χ2v) is 5.20. The first-order chi connectivity index (χ1) is 10.1. The summed E-state index contributed by atoms with van der Waals surface area (Å²) in [5.41, 5.74) is 6.12. The smallest absolute Gasteiger partial charge is 0.329 e. The summed E-state index contributed by atoms with van der Waals surface area (Å²) in [6, 6.07) is 7.35. The minimum atomic E-state index is -0.774. The molecule has 0 radical (unpaired) electrons. The number of nitrogens with two attached hydrogens (primary N) is 1. The predicted molar refractivity (Wildman–Crippen MR) is 80.5 cm³/mol. The van der Waals surface area contributed by atoms with Gasteiger partial charge >= 0.3 is 12.0 Å². The van der Waals surface area contributed by atoms with Crippen molar-refractivity contribution >= 4 is 23.8 Å². The van der Waals surface area contributed by atoms with Crippen LogP contribution in [0.5, 0.6) is 0 Å². The van der Waals surface area contributed by atoms with E-state index in [1.165, 1.54) is 0 Å². The average Bonchev–Trinajstić information content (AvgIpc) is 2.48. The summed E-state index contributed by atoms with van der Waals surface area (Å²) in [5, 5.41) is 11.3. The van der Waals surface area contributed by atoms with Crippen LogP contribution in [-0.4, -0.2) is 30.1 Å². The molecule has 0 aromatic heterocycles. The van der Waals surface area contributed by atoms with Crippen molar-refractivity contribution in [2.75, 3.05) is 12.0 Å². The summed E-state index contributed by atoms with van der Waals surface area (Å²) >= 11 is 1.55. The number of thioether (sulfide) groups is 1. The second kappa shape index (κ2) is 8.87. The second-order valence-electron chi connectivity index (χ2n) is 4.22. The van der Waals surface area contributed by atoms with Crippen LogP contribution in [0.2, 0.25) is 0 Å². The standard InChI is InChI=1S/C14H17N3O3S/c1-21-7-6-12(17-14(16)19)13(18)20-9-11-5-3-2-4-10(11)8-15/h2-5,12H,6-7,9H2,1H3,(H3,16,17,19)/t12-/m1/s1. The molecule has 1 aromatic carbocycles. The lowest BCUT2D eigenvalue weighted by Crippen LogP contribution is -2.44. The van der Waals surface area contributed by atoms with Crippen LogP contribution in [0, 0.1) is 11.3 Å². The molecule has 0 saturated heterocycles. The van der Waals surface area contributed by atoms with Crippen LogP contribution in [0.15, 0.2) is 24.3 Å². The number of amides is 2. The van der Waals surface area contributed by atoms with Gasteiger partial charge in [0.1, 0.15) is 12.6 Å². The molecule has 6 nitrogen and oxygen atoms in total.